The third-order valence-corrected chi connectivity index (χ3v) is 4.83. The molecule has 0 saturated carbocycles. The van der Waals surface area contributed by atoms with Gasteiger partial charge in [0.15, 0.2) is 10.4 Å². The van der Waals surface area contributed by atoms with Crippen molar-refractivity contribution in [2.75, 3.05) is 0 Å². The molecule has 0 aliphatic heterocycles. The molecule has 0 radical (unpaired) electrons. The third-order valence-electron chi connectivity index (χ3n) is 3.06. The van der Waals surface area contributed by atoms with Gasteiger partial charge in [-0.15, -0.1) is 0 Å². The minimum absolute atomic E-state index is 0.0595. The molecule has 0 aliphatic rings. The molecule has 1 aromatic rings. The van der Waals surface area contributed by atoms with Gasteiger partial charge in [-0.1, -0.05) is 33.1 Å². The molecule has 3 N–H and O–H groups in total. The largest absolute Gasteiger partial charge is 0.443 e. The van der Waals surface area contributed by atoms with E-state index in [2.05, 4.69) is 28.2 Å². The van der Waals surface area contributed by atoms with Crippen LogP contribution in [0.4, 0.5) is 0 Å². The summed E-state index contributed by atoms with van der Waals surface area (Å²) in [5, 5.41) is 7.91. The first-order chi connectivity index (χ1) is 9.79. The van der Waals surface area contributed by atoms with E-state index in [9.17, 15) is 13.2 Å². The van der Waals surface area contributed by atoms with Crippen molar-refractivity contribution in [2.45, 2.75) is 56.9 Å². The second kappa shape index (κ2) is 7.95. The molecule has 0 saturated heterocycles. The zero-order valence-electron chi connectivity index (χ0n) is 12.2. The van der Waals surface area contributed by atoms with Crippen molar-refractivity contribution >= 4 is 31.9 Å². The molecular weight excluding hydrogens is 360 g/mol. The molecule has 1 unspecified atom stereocenters. The first kappa shape index (κ1) is 18.2. The van der Waals surface area contributed by atoms with Crippen LogP contribution >= 0.6 is 15.9 Å². The summed E-state index contributed by atoms with van der Waals surface area (Å²) >= 11 is 2.95. The van der Waals surface area contributed by atoms with Crippen molar-refractivity contribution in [1.29, 1.82) is 0 Å². The minimum Gasteiger partial charge on any atom is -0.443 e. The van der Waals surface area contributed by atoms with Crippen molar-refractivity contribution in [1.82, 2.24) is 5.32 Å². The van der Waals surface area contributed by atoms with E-state index in [1.165, 1.54) is 0 Å². The first-order valence-corrected chi connectivity index (χ1v) is 9.26. The molecular formula is C13H21BrN2O4S. The number of hydrogen-bond acceptors (Lipinski definition) is 4. The molecule has 8 heteroatoms. The van der Waals surface area contributed by atoms with Gasteiger partial charge in [-0.3, -0.25) is 4.79 Å². The quantitative estimate of drug-likeness (QED) is 0.723. The van der Waals surface area contributed by atoms with Crippen LogP contribution in [0.5, 0.6) is 0 Å². The van der Waals surface area contributed by atoms with Crippen LogP contribution in [0, 0.1) is 0 Å². The van der Waals surface area contributed by atoms with Crippen LogP contribution in [0.3, 0.4) is 0 Å². The lowest BCUT2D eigenvalue weighted by Gasteiger charge is -2.16. The van der Waals surface area contributed by atoms with Gasteiger partial charge in [0.05, 0.1) is 0 Å². The van der Waals surface area contributed by atoms with Crippen molar-refractivity contribution in [2.24, 2.45) is 5.14 Å². The number of nitrogens with one attached hydrogen (secondary N) is 1. The topological polar surface area (TPSA) is 102 Å². The van der Waals surface area contributed by atoms with Crippen molar-refractivity contribution in [3.8, 4) is 0 Å². The number of halogens is 1. The van der Waals surface area contributed by atoms with Crippen LogP contribution in [0.2, 0.25) is 0 Å². The summed E-state index contributed by atoms with van der Waals surface area (Å²) in [5.41, 5.74) is 0. The normalized spacial score (nSPS) is 13.1. The first-order valence-electron chi connectivity index (χ1n) is 6.92. The molecule has 21 heavy (non-hydrogen) atoms. The smallest absolute Gasteiger partial charge is 0.287 e. The second-order valence-electron chi connectivity index (χ2n) is 4.89. The van der Waals surface area contributed by atoms with Gasteiger partial charge in [0.1, 0.15) is 4.90 Å². The lowest BCUT2D eigenvalue weighted by atomic mass is 10.1. The maximum Gasteiger partial charge on any atom is 0.287 e. The molecule has 0 spiro atoms. The Kier molecular flexibility index (Phi) is 6.89. The van der Waals surface area contributed by atoms with E-state index in [1.54, 1.807) is 0 Å². The van der Waals surface area contributed by atoms with Crippen LogP contribution in [-0.2, 0) is 10.0 Å². The molecule has 0 fully saturated rings. The van der Waals surface area contributed by atoms with E-state index < -0.39 is 15.9 Å². The Labute approximate surface area is 133 Å². The number of hydrogen-bond donors (Lipinski definition) is 2. The molecule has 6 nitrogen and oxygen atoms in total. The number of sulfonamides is 1. The highest BCUT2D eigenvalue weighted by Crippen LogP contribution is 2.25. The Hall–Kier alpha value is -0.860. The summed E-state index contributed by atoms with van der Waals surface area (Å²) in [4.78, 5) is 11.9. The highest BCUT2D eigenvalue weighted by atomic mass is 79.9. The third kappa shape index (κ3) is 5.44. The van der Waals surface area contributed by atoms with Gasteiger partial charge >= 0.3 is 0 Å². The van der Waals surface area contributed by atoms with Crippen LogP contribution in [0.1, 0.15) is 56.5 Å². The van der Waals surface area contributed by atoms with Crippen LogP contribution in [0.15, 0.2) is 20.0 Å². The molecule has 1 amide bonds. The number of amides is 1. The van der Waals surface area contributed by atoms with Crippen molar-refractivity contribution in [3.63, 3.8) is 0 Å². The summed E-state index contributed by atoms with van der Waals surface area (Å²) in [6.07, 6.45) is 4.79. The standard InChI is InChI=1S/C13H21BrN2O4S/c1-3-5-7-9(6-4-2)16-13(17)10-8-11(12(14)20-10)21(15,18)19/h8-9H,3-7H2,1-2H3,(H,16,17)(H2,15,18,19). The molecule has 1 rings (SSSR count). The van der Waals surface area contributed by atoms with E-state index in [4.69, 9.17) is 9.56 Å². The van der Waals surface area contributed by atoms with Crippen LogP contribution < -0.4 is 10.5 Å². The minimum atomic E-state index is -3.92. The van der Waals surface area contributed by atoms with Crippen molar-refractivity contribution < 1.29 is 17.6 Å². The fourth-order valence-electron chi connectivity index (χ4n) is 2.00. The summed E-state index contributed by atoms with van der Waals surface area (Å²) < 4.78 is 27.7. The van der Waals surface area contributed by atoms with Gasteiger partial charge < -0.3 is 9.73 Å². The van der Waals surface area contributed by atoms with E-state index in [0.29, 0.717) is 0 Å². The molecule has 0 aromatic carbocycles. The predicted molar refractivity (Wildman–Crippen MR) is 83.5 cm³/mol. The van der Waals surface area contributed by atoms with Gasteiger partial charge in [0, 0.05) is 12.1 Å². The SMILES string of the molecule is CCCCC(CCC)NC(=O)c1cc(S(N)(=O)=O)c(Br)o1. The number of primary sulfonamides is 1. The molecule has 120 valence electrons. The highest BCUT2D eigenvalue weighted by molar-refractivity contribution is 9.10. The van der Waals surface area contributed by atoms with Crippen LogP contribution in [0.25, 0.3) is 0 Å². The molecule has 0 bridgehead atoms. The lowest BCUT2D eigenvalue weighted by Crippen LogP contribution is -2.34. The Bertz CT molecular complexity index is 583. The van der Waals surface area contributed by atoms with Gasteiger partial charge in [-0.2, -0.15) is 0 Å². The summed E-state index contributed by atoms with van der Waals surface area (Å²) in [6, 6.07) is 1.20. The zero-order chi connectivity index (χ0) is 16.0. The molecule has 1 heterocycles. The Morgan fingerprint density at radius 1 is 1.38 bits per heavy atom. The number of rotatable bonds is 8. The summed E-state index contributed by atoms with van der Waals surface area (Å²) in [7, 11) is -3.92. The summed E-state index contributed by atoms with van der Waals surface area (Å²) in [5.74, 6) is -0.497. The fraction of sp³-hybridized carbons (Fsp3) is 0.615. The number of carbonyl (C=O) groups excluding carboxylic acids is 1. The maximum absolute atomic E-state index is 12.1. The highest BCUT2D eigenvalue weighted by Gasteiger charge is 2.23. The Balaban J connectivity index is 2.83. The number of unbranched alkanes of at least 4 members (excludes halogenated alkanes) is 1. The second-order valence-corrected chi connectivity index (χ2v) is 7.14. The van der Waals surface area contributed by atoms with Gasteiger partial charge in [0.2, 0.25) is 10.0 Å². The lowest BCUT2D eigenvalue weighted by molar-refractivity contribution is 0.0902. The number of furan rings is 1. The molecule has 0 aliphatic carbocycles. The molecule has 1 atom stereocenters. The summed E-state index contributed by atoms with van der Waals surface area (Å²) in [6.45, 7) is 4.14. The monoisotopic (exact) mass is 380 g/mol. The Morgan fingerprint density at radius 2 is 2.05 bits per heavy atom. The predicted octanol–water partition coefficient (Wildman–Crippen LogP) is 2.78. The van der Waals surface area contributed by atoms with Crippen LogP contribution in [-0.4, -0.2) is 20.4 Å². The maximum atomic E-state index is 12.1. The van der Waals surface area contributed by atoms with Crippen molar-refractivity contribution in [3.05, 3.63) is 16.5 Å². The van der Waals surface area contributed by atoms with E-state index in [1.807, 2.05) is 6.92 Å². The number of nitrogens with two attached hydrogens (primary N) is 1. The van der Waals surface area contributed by atoms with Gasteiger partial charge in [-0.25, -0.2) is 13.6 Å². The fourth-order valence-corrected chi connectivity index (χ4v) is 3.50. The van der Waals surface area contributed by atoms with Gasteiger partial charge in [0.25, 0.3) is 5.91 Å². The molecule has 1 aromatic heterocycles. The average Bonchev–Trinajstić information content (AvgIpc) is 2.78. The number of carbonyl (C=O) groups is 1. The van der Waals surface area contributed by atoms with E-state index in [-0.39, 0.29) is 21.4 Å². The van der Waals surface area contributed by atoms with Gasteiger partial charge in [-0.05, 0) is 28.8 Å². The Morgan fingerprint density at radius 3 is 2.52 bits per heavy atom. The average molecular weight is 381 g/mol. The van der Waals surface area contributed by atoms with E-state index >= 15 is 0 Å². The zero-order valence-corrected chi connectivity index (χ0v) is 14.6. The van der Waals surface area contributed by atoms with E-state index in [0.717, 1.165) is 38.2 Å².